The maximum Gasteiger partial charge on any atom is 0.416 e. The number of pyridine rings is 1. The van der Waals surface area contributed by atoms with Crippen molar-refractivity contribution in [2.45, 2.75) is 19.6 Å². The van der Waals surface area contributed by atoms with Gasteiger partial charge in [0, 0.05) is 18.0 Å². The van der Waals surface area contributed by atoms with Crippen LogP contribution in [0.2, 0.25) is 5.02 Å². The predicted octanol–water partition coefficient (Wildman–Crippen LogP) is 6.52. The van der Waals surface area contributed by atoms with Crippen LogP contribution in [-0.4, -0.2) is 15.9 Å². The standard InChI is InChI=1S/C22H15ClF3N3OS/c1-13-4-9-17(23)19-18(13)28-21(31-19)29(12-14-3-2-10-27-11-14)20(30)15-5-7-16(8-6-15)22(24,25)26/h2-11H,12H2,1H3. The quantitative estimate of drug-likeness (QED) is 0.347. The molecule has 31 heavy (non-hydrogen) atoms. The number of nitrogens with zero attached hydrogens (tertiary/aromatic N) is 3. The minimum Gasteiger partial charge on any atom is -0.279 e. The van der Waals surface area contributed by atoms with Crippen molar-refractivity contribution in [2.75, 3.05) is 4.90 Å². The molecule has 4 aromatic rings. The molecule has 2 aromatic carbocycles. The van der Waals surface area contributed by atoms with Crippen LogP contribution in [0.4, 0.5) is 18.3 Å². The van der Waals surface area contributed by atoms with Crippen LogP contribution in [0.25, 0.3) is 10.2 Å². The molecule has 0 unspecified atom stereocenters. The lowest BCUT2D eigenvalue weighted by molar-refractivity contribution is -0.137. The SMILES string of the molecule is Cc1ccc(Cl)c2sc(N(Cc3cccnc3)C(=O)c3ccc(C(F)(F)F)cc3)nc12. The highest BCUT2D eigenvalue weighted by Gasteiger charge is 2.31. The molecule has 4 nitrogen and oxygen atoms in total. The molecule has 0 radical (unpaired) electrons. The Kier molecular flexibility index (Phi) is 5.68. The topological polar surface area (TPSA) is 46.1 Å². The molecular weight excluding hydrogens is 447 g/mol. The molecule has 0 saturated carbocycles. The van der Waals surface area contributed by atoms with Crippen LogP contribution in [-0.2, 0) is 12.7 Å². The van der Waals surface area contributed by atoms with Crippen LogP contribution < -0.4 is 4.90 Å². The van der Waals surface area contributed by atoms with Crippen molar-refractivity contribution in [2.24, 2.45) is 0 Å². The molecule has 2 aromatic heterocycles. The molecule has 0 N–H and O–H groups in total. The number of amides is 1. The monoisotopic (exact) mass is 461 g/mol. The first-order chi connectivity index (χ1) is 14.7. The lowest BCUT2D eigenvalue weighted by Crippen LogP contribution is -2.30. The van der Waals surface area contributed by atoms with E-state index in [1.807, 2.05) is 19.1 Å². The van der Waals surface area contributed by atoms with Crippen molar-refractivity contribution in [3.63, 3.8) is 0 Å². The highest BCUT2D eigenvalue weighted by atomic mass is 35.5. The van der Waals surface area contributed by atoms with Gasteiger partial charge in [0.25, 0.3) is 5.91 Å². The number of alkyl halides is 3. The van der Waals surface area contributed by atoms with Crippen molar-refractivity contribution in [3.05, 3.63) is 88.2 Å². The maximum atomic E-state index is 13.3. The third-order valence-electron chi connectivity index (χ3n) is 4.68. The maximum absolute atomic E-state index is 13.3. The highest BCUT2D eigenvalue weighted by molar-refractivity contribution is 7.23. The van der Waals surface area contributed by atoms with Gasteiger partial charge < -0.3 is 0 Å². The van der Waals surface area contributed by atoms with Crippen molar-refractivity contribution >= 4 is 44.2 Å². The van der Waals surface area contributed by atoms with E-state index in [0.717, 1.165) is 28.0 Å². The Morgan fingerprint density at radius 3 is 2.48 bits per heavy atom. The van der Waals surface area contributed by atoms with Crippen molar-refractivity contribution in [3.8, 4) is 0 Å². The van der Waals surface area contributed by atoms with E-state index >= 15 is 0 Å². The molecule has 4 rings (SSSR count). The summed E-state index contributed by atoms with van der Waals surface area (Å²) in [6.45, 7) is 2.05. The first kappa shape index (κ1) is 21.3. The number of fused-ring (bicyclic) bond motifs is 1. The number of hydrogen-bond acceptors (Lipinski definition) is 4. The number of hydrogen-bond donors (Lipinski definition) is 0. The van der Waals surface area contributed by atoms with E-state index in [9.17, 15) is 18.0 Å². The zero-order valence-corrected chi connectivity index (χ0v) is 17.7. The van der Waals surface area contributed by atoms with Crippen molar-refractivity contribution in [1.29, 1.82) is 0 Å². The van der Waals surface area contributed by atoms with E-state index in [-0.39, 0.29) is 12.1 Å². The Labute approximate surface area is 184 Å². The normalized spacial score (nSPS) is 11.6. The Morgan fingerprint density at radius 1 is 1.13 bits per heavy atom. The third-order valence-corrected chi connectivity index (χ3v) is 6.22. The van der Waals surface area contributed by atoms with E-state index in [1.54, 1.807) is 24.5 Å². The van der Waals surface area contributed by atoms with Gasteiger partial charge in [0.05, 0.1) is 27.3 Å². The van der Waals surface area contributed by atoms with Crippen LogP contribution in [0, 0.1) is 6.92 Å². The molecule has 0 aliphatic carbocycles. The fourth-order valence-electron chi connectivity index (χ4n) is 3.06. The number of anilines is 1. The average molecular weight is 462 g/mol. The van der Waals surface area contributed by atoms with E-state index in [4.69, 9.17) is 11.6 Å². The van der Waals surface area contributed by atoms with Gasteiger partial charge in [-0.25, -0.2) is 4.98 Å². The van der Waals surface area contributed by atoms with Gasteiger partial charge >= 0.3 is 6.18 Å². The van der Waals surface area contributed by atoms with Crippen LogP contribution in [0.3, 0.4) is 0 Å². The summed E-state index contributed by atoms with van der Waals surface area (Å²) in [7, 11) is 0. The second-order valence-electron chi connectivity index (χ2n) is 6.87. The summed E-state index contributed by atoms with van der Waals surface area (Å²) in [5, 5.41) is 0.924. The molecule has 158 valence electrons. The first-order valence-corrected chi connectivity index (χ1v) is 10.4. The zero-order chi connectivity index (χ0) is 22.2. The summed E-state index contributed by atoms with van der Waals surface area (Å²) < 4.78 is 39.5. The van der Waals surface area contributed by atoms with Crippen LogP contribution in [0.15, 0.2) is 60.9 Å². The zero-order valence-electron chi connectivity index (χ0n) is 16.2. The molecule has 2 heterocycles. The second-order valence-corrected chi connectivity index (χ2v) is 8.25. The molecule has 0 spiro atoms. The third kappa shape index (κ3) is 4.40. The number of thiazole rings is 1. The second kappa shape index (κ2) is 8.28. The summed E-state index contributed by atoms with van der Waals surface area (Å²) in [5.41, 5.74) is 1.66. The fourth-order valence-corrected chi connectivity index (χ4v) is 4.38. The van der Waals surface area contributed by atoms with E-state index in [1.165, 1.54) is 28.4 Å². The molecule has 0 bridgehead atoms. The van der Waals surface area contributed by atoms with Gasteiger partial charge in [0.1, 0.15) is 0 Å². The number of carbonyl (C=O) groups excluding carboxylic acids is 1. The Bertz CT molecular complexity index is 1200. The summed E-state index contributed by atoms with van der Waals surface area (Å²) in [6.07, 6.45) is -1.23. The average Bonchev–Trinajstić information content (AvgIpc) is 3.21. The minimum absolute atomic E-state index is 0.124. The van der Waals surface area contributed by atoms with Gasteiger partial charge in [-0.1, -0.05) is 35.1 Å². The van der Waals surface area contributed by atoms with Gasteiger partial charge in [-0.15, -0.1) is 0 Å². The summed E-state index contributed by atoms with van der Waals surface area (Å²) >= 11 is 7.57. The van der Waals surface area contributed by atoms with Gasteiger partial charge in [-0.05, 0) is 54.4 Å². The van der Waals surface area contributed by atoms with Crippen LogP contribution in [0.1, 0.15) is 27.0 Å². The number of aryl methyl sites for hydroxylation is 1. The Hall–Kier alpha value is -2.97. The first-order valence-electron chi connectivity index (χ1n) is 9.17. The van der Waals surface area contributed by atoms with E-state index < -0.39 is 17.6 Å². The molecule has 0 aliphatic rings. The molecular formula is C22H15ClF3N3OS. The number of rotatable bonds is 4. The van der Waals surface area contributed by atoms with Crippen molar-refractivity contribution in [1.82, 2.24) is 9.97 Å². The van der Waals surface area contributed by atoms with Gasteiger partial charge in [0.15, 0.2) is 5.13 Å². The smallest absolute Gasteiger partial charge is 0.279 e. The lowest BCUT2D eigenvalue weighted by Gasteiger charge is -2.20. The van der Waals surface area contributed by atoms with Gasteiger partial charge in [-0.2, -0.15) is 13.2 Å². The predicted molar refractivity (Wildman–Crippen MR) is 116 cm³/mol. The summed E-state index contributed by atoms with van der Waals surface area (Å²) in [4.78, 5) is 23.4. The molecule has 1 amide bonds. The van der Waals surface area contributed by atoms with Gasteiger partial charge in [-0.3, -0.25) is 14.7 Å². The van der Waals surface area contributed by atoms with Crippen LogP contribution >= 0.6 is 22.9 Å². The largest absolute Gasteiger partial charge is 0.416 e. The van der Waals surface area contributed by atoms with E-state index in [2.05, 4.69) is 9.97 Å². The highest BCUT2D eigenvalue weighted by Crippen LogP contribution is 2.37. The van der Waals surface area contributed by atoms with E-state index in [0.29, 0.717) is 15.7 Å². The molecule has 0 saturated heterocycles. The number of aromatic nitrogens is 2. The number of benzene rings is 2. The summed E-state index contributed by atoms with van der Waals surface area (Å²) in [6, 6.07) is 11.3. The fraction of sp³-hybridized carbons (Fsp3) is 0.136. The molecule has 0 atom stereocenters. The van der Waals surface area contributed by atoms with Crippen molar-refractivity contribution < 1.29 is 18.0 Å². The molecule has 9 heteroatoms. The van der Waals surface area contributed by atoms with Gasteiger partial charge in [0.2, 0.25) is 0 Å². The molecule has 0 aliphatic heterocycles. The number of carbonyl (C=O) groups is 1. The summed E-state index contributed by atoms with van der Waals surface area (Å²) in [5.74, 6) is -0.467. The molecule has 0 fully saturated rings. The Balaban J connectivity index is 1.77. The lowest BCUT2D eigenvalue weighted by atomic mass is 10.1. The minimum atomic E-state index is -4.47. The Morgan fingerprint density at radius 2 is 1.87 bits per heavy atom. The van der Waals surface area contributed by atoms with Crippen LogP contribution in [0.5, 0.6) is 0 Å². The number of halogens is 4.